The molecule has 178 valence electrons. The molecule has 0 saturated carbocycles. The topological polar surface area (TPSA) is 119 Å². The summed E-state index contributed by atoms with van der Waals surface area (Å²) < 4.78 is 2.27. The molecule has 35 heavy (non-hydrogen) atoms. The van der Waals surface area contributed by atoms with Gasteiger partial charge in [0.2, 0.25) is 5.91 Å². The summed E-state index contributed by atoms with van der Waals surface area (Å²) in [6.07, 6.45) is 3.28. The largest absolute Gasteiger partial charge is 0.332 e. The SMILES string of the molecule is Cc1ccc(/C=C/C(=O)c2ccc(NC(=O)CSc3nc4c([nH]3)c(=O)n(C)c(=O)n4C)cc2)cc1. The van der Waals surface area contributed by atoms with Crippen molar-refractivity contribution >= 4 is 46.4 Å². The molecule has 0 aliphatic heterocycles. The molecule has 1 amide bonds. The number of aromatic amines is 1. The summed E-state index contributed by atoms with van der Waals surface area (Å²) in [5, 5.41) is 3.12. The number of carbonyl (C=O) groups is 2. The van der Waals surface area contributed by atoms with E-state index in [1.807, 2.05) is 31.2 Å². The minimum atomic E-state index is -0.477. The fourth-order valence-corrected chi connectivity index (χ4v) is 4.03. The van der Waals surface area contributed by atoms with Crippen molar-refractivity contribution in [3.8, 4) is 0 Å². The summed E-state index contributed by atoms with van der Waals surface area (Å²) in [7, 11) is 2.92. The number of imidazole rings is 1. The van der Waals surface area contributed by atoms with Crippen LogP contribution in [0.5, 0.6) is 0 Å². The summed E-state index contributed by atoms with van der Waals surface area (Å²) in [5.41, 5.74) is 2.64. The van der Waals surface area contributed by atoms with E-state index in [9.17, 15) is 19.2 Å². The number of H-pyrrole nitrogens is 1. The summed E-state index contributed by atoms with van der Waals surface area (Å²) in [5.74, 6) is -0.381. The molecule has 2 heterocycles. The maximum atomic E-state index is 12.4. The molecular weight excluding hydrogens is 466 g/mol. The molecule has 2 N–H and O–H groups in total. The zero-order valence-corrected chi connectivity index (χ0v) is 20.2. The molecule has 0 aliphatic rings. The summed E-state index contributed by atoms with van der Waals surface area (Å²) in [6.45, 7) is 2.00. The number of carbonyl (C=O) groups excluding carboxylic acids is 2. The third kappa shape index (κ3) is 5.33. The van der Waals surface area contributed by atoms with Crippen LogP contribution in [0.2, 0.25) is 0 Å². The van der Waals surface area contributed by atoms with E-state index in [0.717, 1.165) is 27.5 Å². The van der Waals surface area contributed by atoms with E-state index in [2.05, 4.69) is 15.3 Å². The Balaban J connectivity index is 1.35. The van der Waals surface area contributed by atoms with Crippen molar-refractivity contribution in [3.05, 3.63) is 92.1 Å². The van der Waals surface area contributed by atoms with E-state index in [4.69, 9.17) is 0 Å². The van der Waals surface area contributed by atoms with E-state index in [0.29, 0.717) is 16.4 Å². The third-order valence-corrected chi connectivity index (χ3v) is 6.24. The first-order valence-electron chi connectivity index (χ1n) is 10.7. The van der Waals surface area contributed by atoms with Crippen molar-refractivity contribution < 1.29 is 9.59 Å². The number of amides is 1. The number of thioether (sulfide) groups is 1. The van der Waals surface area contributed by atoms with Crippen molar-refractivity contribution in [1.29, 1.82) is 0 Å². The van der Waals surface area contributed by atoms with E-state index in [1.54, 1.807) is 30.3 Å². The molecule has 0 atom stereocenters. The zero-order chi connectivity index (χ0) is 25.1. The average Bonchev–Trinajstić information content (AvgIpc) is 3.29. The Kier molecular flexibility index (Phi) is 6.83. The predicted molar refractivity (Wildman–Crippen MR) is 137 cm³/mol. The second kappa shape index (κ2) is 9.98. The number of aryl methyl sites for hydroxylation is 2. The molecule has 4 rings (SSSR count). The van der Waals surface area contributed by atoms with Crippen LogP contribution in [0.3, 0.4) is 0 Å². The molecule has 4 aromatic rings. The molecule has 0 radical (unpaired) electrons. The van der Waals surface area contributed by atoms with Gasteiger partial charge in [-0.25, -0.2) is 9.78 Å². The molecule has 2 aromatic heterocycles. The van der Waals surface area contributed by atoms with Crippen LogP contribution in [0.25, 0.3) is 17.2 Å². The molecular formula is C25H23N5O4S. The molecule has 0 fully saturated rings. The Labute approximate surface area is 204 Å². The summed E-state index contributed by atoms with van der Waals surface area (Å²) in [4.78, 5) is 56.2. The normalized spacial score (nSPS) is 11.3. The molecule has 0 aliphatic carbocycles. The third-order valence-electron chi connectivity index (χ3n) is 5.37. The highest BCUT2D eigenvalue weighted by atomic mass is 32.2. The van der Waals surface area contributed by atoms with E-state index < -0.39 is 11.2 Å². The monoisotopic (exact) mass is 489 g/mol. The van der Waals surface area contributed by atoms with Gasteiger partial charge in [0, 0.05) is 25.3 Å². The number of rotatable bonds is 7. The number of nitrogens with zero attached hydrogens (tertiary/aromatic N) is 3. The Bertz CT molecular complexity index is 1560. The maximum Gasteiger partial charge on any atom is 0.332 e. The van der Waals surface area contributed by atoms with Crippen LogP contribution < -0.4 is 16.6 Å². The van der Waals surface area contributed by atoms with Gasteiger partial charge in [0.25, 0.3) is 5.56 Å². The number of fused-ring (bicyclic) bond motifs is 1. The predicted octanol–water partition coefficient (Wildman–Crippen LogP) is 2.90. The van der Waals surface area contributed by atoms with E-state index in [1.165, 1.54) is 24.7 Å². The highest BCUT2D eigenvalue weighted by Gasteiger charge is 2.14. The number of nitrogens with one attached hydrogen (secondary N) is 2. The van der Waals surface area contributed by atoms with Crippen LogP contribution in [-0.2, 0) is 18.9 Å². The van der Waals surface area contributed by atoms with Gasteiger partial charge in [-0.05, 0) is 42.8 Å². The second-order valence-electron chi connectivity index (χ2n) is 7.97. The van der Waals surface area contributed by atoms with Gasteiger partial charge in [-0.1, -0.05) is 47.7 Å². The van der Waals surface area contributed by atoms with Crippen molar-refractivity contribution in [3.63, 3.8) is 0 Å². The number of hydrogen-bond donors (Lipinski definition) is 2. The van der Waals surface area contributed by atoms with Gasteiger partial charge in [-0.15, -0.1) is 0 Å². The van der Waals surface area contributed by atoms with Gasteiger partial charge in [0.05, 0.1) is 5.75 Å². The quantitative estimate of drug-likeness (QED) is 0.234. The number of aromatic nitrogens is 4. The first-order valence-corrected chi connectivity index (χ1v) is 11.7. The van der Waals surface area contributed by atoms with Gasteiger partial charge >= 0.3 is 5.69 Å². The van der Waals surface area contributed by atoms with Crippen molar-refractivity contribution in [2.24, 2.45) is 14.1 Å². The molecule has 0 unspecified atom stereocenters. The van der Waals surface area contributed by atoms with E-state index in [-0.39, 0.29) is 28.6 Å². The lowest BCUT2D eigenvalue weighted by atomic mass is 10.1. The average molecular weight is 490 g/mol. The smallest absolute Gasteiger partial charge is 0.327 e. The lowest BCUT2D eigenvalue weighted by molar-refractivity contribution is -0.113. The fourth-order valence-electron chi connectivity index (χ4n) is 3.37. The molecule has 10 heteroatoms. The van der Waals surface area contributed by atoms with Crippen molar-refractivity contribution in [1.82, 2.24) is 19.1 Å². The standard InChI is InChI=1S/C25H23N5O4S/c1-15-4-6-16(7-5-15)8-13-19(31)17-9-11-18(12-10-17)26-20(32)14-35-24-27-21-22(28-24)29(2)25(34)30(3)23(21)33/h4-13H,14H2,1-3H3,(H,26,32)(H,27,28)/b13-8+. The van der Waals surface area contributed by atoms with Gasteiger partial charge in [-0.2, -0.15) is 0 Å². The van der Waals surface area contributed by atoms with Gasteiger partial charge in [0.1, 0.15) is 0 Å². The van der Waals surface area contributed by atoms with Crippen LogP contribution in [-0.4, -0.2) is 36.5 Å². The van der Waals surface area contributed by atoms with Crippen LogP contribution in [0.15, 0.2) is 69.4 Å². The molecule has 0 spiro atoms. The highest BCUT2D eigenvalue weighted by molar-refractivity contribution is 7.99. The number of anilines is 1. The lowest BCUT2D eigenvalue weighted by Gasteiger charge is -2.05. The van der Waals surface area contributed by atoms with Crippen LogP contribution in [0, 0.1) is 6.92 Å². The van der Waals surface area contributed by atoms with Crippen molar-refractivity contribution in [2.45, 2.75) is 12.1 Å². The van der Waals surface area contributed by atoms with Crippen LogP contribution in [0.1, 0.15) is 21.5 Å². The summed E-state index contributed by atoms with van der Waals surface area (Å²) in [6, 6.07) is 14.5. The van der Waals surface area contributed by atoms with Gasteiger partial charge in [0.15, 0.2) is 22.1 Å². The molecule has 0 saturated heterocycles. The van der Waals surface area contributed by atoms with Crippen LogP contribution >= 0.6 is 11.8 Å². The molecule has 0 bridgehead atoms. The molecule has 2 aromatic carbocycles. The fraction of sp³-hybridized carbons (Fsp3) is 0.160. The first kappa shape index (κ1) is 24.0. The Morgan fingerprint density at radius 2 is 1.71 bits per heavy atom. The number of ketones is 1. The maximum absolute atomic E-state index is 12.4. The summed E-state index contributed by atoms with van der Waals surface area (Å²) >= 11 is 1.11. The number of benzene rings is 2. The Morgan fingerprint density at radius 1 is 1.03 bits per heavy atom. The van der Waals surface area contributed by atoms with Gasteiger partial charge in [-0.3, -0.25) is 23.5 Å². The minimum Gasteiger partial charge on any atom is -0.327 e. The molecule has 9 nitrogen and oxygen atoms in total. The first-order chi connectivity index (χ1) is 16.7. The highest BCUT2D eigenvalue weighted by Crippen LogP contribution is 2.18. The Morgan fingerprint density at radius 3 is 2.40 bits per heavy atom. The lowest BCUT2D eigenvalue weighted by Crippen LogP contribution is -2.36. The zero-order valence-electron chi connectivity index (χ0n) is 19.4. The second-order valence-corrected chi connectivity index (χ2v) is 8.93. The van der Waals surface area contributed by atoms with Crippen LogP contribution in [0.4, 0.5) is 5.69 Å². The van der Waals surface area contributed by atoms with Gasteiger partial charge < -0.3 is 10.3 Å². The van der Waals surface area contributed by atoms with Crippen molar-refractivity contribution in [2.75, 3.05) is 11.1 Å². The Hall–Kier alpha value is -4.18. The number of hydrogen-bond acceptors (Lipinski definition) is 6. The minimum absolute atomic E-state index is 0.0358. The number of allylic oxidation sites excluding steroid dienone is 1. The van der Waals surface area contributed by atoms with E-state index >= 15 is 0 Å².